The molecule has 0 saturated heterocycles. The molecule has 0 N–H and O–H groups in total. The number of halogens is 1. The van der Waals surface area contributed by atoms with E-state index in [1.54, 1.807) is 12.1 Å². The molecule has 0 aliphatic heterocycles. The molecule has 0 amide bonds. The van der Waals surface area contributed by atoms with Gasteiger partial charge in [-0.05, 0) is 170 Å². The average molecular weight is 772 g/mol. The molecule has 0 unspecified atom stereocenters. The monoisotopic (exact) mass is 771 g/mol. The highest BCUT2D eigenvalue weighted by molar-refractivity contribution is 5.97. The van der Waals surface area contributed by atoms with Crippen molar-refractivity contribution in [3.05, 3.63) is 245 Å². The third kappa shape index (κ3) is 5.44. The first-order chi connectivity index (χ1) is 29.4. The van der Waals surface area contributed by atoms with Crippen LogP contribution < -0.4 is 4.90 Å². The molecule has 2 heteroatoms. The molecule has 1 spiro atoms. The summed E-state index contributed by atoms with van der Waals surface area (Å²) < 4.78 is 14.1. The van der Waals surface area contributed by atoms with E-state index in [2.05, 4.69) is 202 Å². The standard InChI is InChI=1S/C58H42FN/c1-37-13-7-8-16-47(37)48-29-27-45(34-38(48)2)60(57-32-24-42(33-39(57)3)40-14-5-4-6-15-40)46-28-30-51-52-35-43(41-21-25-44(59)26-22-41)23-31-55(52)58(56(51)36-46)53-19-11-9-17-49(53)50-18-10-12-20-54(50)58/h4-36H,1-3H3. The van der Waals surface area contributed by atoms with Crippen molar-refractivity contribution in [2.24, 2.45) is 0 Å². The fourth-order valence-electron chi connectivity index (χ4n) is 10.2. The fourth-order valence-corrected chi connectivity index (χ4v) is 10.2. The van der Waals surface area contributed by atoms with Crippen molar-refractivity contribution >= 4 is 17.1 Å². The van der Waals surface area contributed by atoms with Crippen LogP contribution >= 0.6 is 0 Å². The van der Waals surface area contributed by atoms with Crippen LogP contribution in [-0.2, 0) is 5.41 Å². The maximum atomic E-state index is 14.1. The van der Waals surface area contributed by atoms with E-state index in [0.717, 1.165) is 28.2 Å². The maximum Gasteiger partial charge on any atom is 0.123 e. The zero-order valence-electron chi connectivity index (χ0n) is 33.9. The van der Waals surface area contributed by atoms with Gasteiger partial charge in [-0.15, -0.1) is 0 Å². The summed E-state index contributed by atoms with van der Waals surface area (Å²) in [6, 6.07) is 71.7. The van der Waals surface area contributed by atoms with Crippen molar-refractivity contribution < 1.29 is 4.39 Å². The molecular formula is C58H42FN. The zero-order chi connectivity index (χ0) is 40.5. The van der Waals surface area contributed by atoms with E-state index >= 15 is 0 Å². The SMILES string of the molecule is Cc1ccccc1-c1ccc(N(c2ccc3c(c2)C2(c4ccccc4-c4ccccc42)c2ccc(-c4ccc(F)cc4)cc2-3)c2ccc(-c3ccccc3)cc2C)cc1C. The third-order valence-electron chi connectivity index (χ3n) is 13.0. The van der Waals surface area contributed by atoms with Crippen LogP contribution in [0, 0.1) is 26.6 Å². The summed E-state index contributed by atoms with van der Waals surface area (Å²) in [5.41, 5.74) is 23.5. The van der Waals surface area contributed by atoms with Gasteiger partial charge in [-0.1, -0.05) is 146 Å². The minimum absolute atomic E-state index is 0.231. The average Bonchev–Trinajstić information content (AvgIpc) is 3.75. The van der Waals surface area contributed by atoms with Crippen LogP contribution in [0.15, 0.2) is 200 Å². The Morgan fingerprint density at radius 3 is 1.53 bits per heavy atom. The third-order valence-corrected chi connectivity index (χ3v) is 13.0. The van der Waals surface area contributed by atoms with E-state index in [4.69, 9.17) is 0 Å². The quantitative estimate of drug-likeness (QED) is 0.163. The first-order valence-electron chi connectivity index (χ1n) is 20.8. The molecular weight excluding hydrogens is 730 g/mol. The molecule has 0 aromatic heterocycles. The molecule has 286 valence electrons. The Morgan fingerprint density at radius 1 is 0.333 bits per heavy atom. The first-order valence-corrected chi connectivity index (χ1v) is 20.8. The van der Waals surface area contributed by atoms with Gasteiger partial charge in [0.25, 0.3) is 0 Å². The Labute approximate surface area is 351 Å². The van der Waals surface area contributed by atoms with Crippen molar-refractivity contribution in [2.75, 3.05) is 4.90 Å². The van der Waals surface area contributed by atoms with Gasteiger partial charge < -0.3 is 4.90 Å². The number of benzene rings is 9. The van der Waals surface area contributed by atoms with E-state index in [-0.39, 0.29) is 5.82 Å². The molecule has 0 heterocycles. The predicted octanol–water partition coefficient (Wildman–Crippen LogP) is 15.6. The molecule has 11 rings (SSSR count). The molecule has 2 aliphatic rings. The highest BCUT2D eigenvalue weighted by Crippen LogP contribution is 2.63. The number of fused-ring (bicyclic) bond motifs is 10. The Hall–Kier alpha value is -7.29. The number of nitrogens with zero attached hydrogens (tertiary/aromatic N) is 1. The van der Waals surface area contributed by atoms with Crippen molar-refractivity contribution in [1.82, 2.24) is 0 Å². The lowest BCUT2D eigenvalue weighted by Gasteiger charge is -2.33. The van der Waals surface area contributed by atoms with Gasteiger partial charge >= 0.3 is 0 Å². The van der Waals surface area contributed by atoms with Crippen LogP contribution in [-0.4, -0.2) is 0 Å². The van der Waals surface area contributed by atoms with E-state index < -0.39 is 5.41 Å². The van der Waals surface area contributed by atoms with E-state index in [1.807, 2.05) is 12.1 Å². The second-order valence-corrected chi connectivity index (χ2v) is 16.4. The smallest absolute Gasteiger partial charge is 0.123 e. The number of hydrogen-bond donors (Lipinski definition) is 0. The Balaban J connectivity index is 1.16. The summed E-state index contributed by atoms with van der Waals surface area (Å²) >= 11 is 0. The second-order valence-electron chi connectivity index (χ2n) is 16.4. The van der Waals surface area contributed by atoms with Crippen LogP contribution in [0.3, 0.4) is 0 Å². The van der Waals surface area contributed by atoms with Gasteiger partial charge in [0.05, 0.1) is 5.41 Å². The van der Waals surface area contributed by atoms with Crippen LogP contribution in [0.2, 0.25) is 0 Å². The van der Waals surface area contributed by atoms with E-state index in [9.17, 15) is 4.39 Å². The Bertz CT molecular complexity index is 3090. The second kappa shape index (κ2) is 13.9. The van der Waals surface area contributed by atoms with Crippen molar-refractivity contribution in [1.29, 1.82) is 0 Å². The number of aryl methyl sites for hydroxylation is 3. The summed E-state index contributed by atoms with van der Waals surface area (Å²) in [5, 5.41) is 0. The minimum Gasteiger partial charge on any atom is -0.310 e. The van der Waals surface area contributed by atoms with Gasteiger partial charge in [0, 0.05) is 17.1 Å². The molecule has 0 saturated carbocycles. The minimum atomic E-state index is -0.530. The summed E-state index contributed by atoms with van der Waals surface area (Å²) in [5.74, 6) is -0.231. The van der Waals surface area contributed by atoms with Gasteiger partial charge in [0.15, 0.2) is 0 Å². The lowest BCUT2D eigenvalue weighted by atomic mass is 9.70. The molecule has 0 bridgehead atoms. The molecule has 60 heavy (non-hydrogen) atoms. The summed E-state index contributed by atoms with van der Waals surface area (Å²) in [6.07, 6.45) is 0. The highest BCUT2D eigenvalue weighted by atomic mass is 19.1. The Morgan fingerprint density at radius 2 is 0.850 bits per heavy atom. The molecule has 1 nitrogen and oxygen atoms in total. The number of hydrogen-bond acceptors (Lipinski definition) is 1. The lowest BCUT2D eigenvalue weighted by Crippen LogP contribution is -2.26. The van der Waals surface area contributed by atoms with Crippen molar-refractivity contribution in [3.8, 4) is 55.6 Å². The fraction of sp³-hybridized carbons (Fsp3) is 0.0690. The summed E-state index contributed by atoms with van der Waals surface area (Å²) in [7, 11) is 0. The lowest BCUT2D eigenvalue weighted by molar-refractivity contribution is 0.628. The zero-order valence-corrected chi connectivity index (χ0v) is 33.9. The molecule has 9 aromatic rings. The maximum absolute atomic E-state index is 14.1. The summed E-state index contributed by atoms with van der Waals surface area (Å²) in [6.45, 7) is 6.65. The number of anilines is 3. The normalized spacial score (nSPS) is 12.8. The Kier molecular flexibility index (Phi) is 8.32. The van der Waals surface area contributed by atoms with Crippen LogP contribution in [0.25, 0.3) is 55.6 Å². The van der Waals surface area contributed by atoms with Gasteiger partial charge in [0.1, 0.15) is 5.82 Å². The van der Waals surface area contributed by atoms with E-state index in [1.165, 1.54) is 83.5 Å². The van der Waals surface area contributed by atoms with Crippen LogP contribution in [0.1, 0.15) is 38.9 Å². The molecule has 9 aromatic carbocycles. The molecule has 0 atom stereocenters. The van der Waals surface area contributed by atoms with Crippen LogP contribution in [0.4, 0.5) is 21.5 Å². The predicted molar refractivity (Wildman–Crippen MR) is 248 cm³/mol. The van der Waals surface area contributed by atoms with E-state index in [0.29, 0.717) is 0 Å². The van der Waals surface area contributed by atoms with Gasteiger partial charge in [-0.3, -0.25) is 0 Å². The molecule has 0 radical (unpaired) electrons. The van der Waals surface area contributed by atoms with Crippen LogP contribution in [0.5, 0.6) is 0 Å². The van der Waals surface area contributed by atoms with Crippen molar-refractivity contribution in [2.45, 2.75) is 26.2 Å². The van der Waals surface area contributed by atoms with Crippen molar-refractivity contribution in [3.63, 3.8) is 0 Å². The van der Waals surface area contributed by atoms with Gasteiger partial charge in [0.2, 0.25) is 0 Å². The number of rotatable bonds is 6. The summed E-state index contributed by atoms with van der Waals surface area (Å²) in [4.78, 5) is 2.45. The molecule has 2 aliphatic carbocycles. The molecule has 0 fully saturated rings. The topological polar surface area (TPSA) is 3.24 Å². The first kappa shape index (κ1) is 35.8. The van der Waals surface area contributed by atoms with Gasteiger partial charge in [-0.2, -0.15) is 0 Å². The largest absolute Gasteiger partial charge is 0.310 e. The highest BCUT2D eigenvalue weighted by Gasteiger charge is 2.51. The van der Waals surface area contributed by atoms with Gasteiger partial charge in [-0.25, -0.2) is 4.39 Å².